The molecule has 0 bridgehead atoms. The Balaban J connectivity index is 3.19. The van der Waals surface area contributed by atoms with Crippen LogP contribution in [0.15, 0.2) is 12.1 Å². The second-order valence-corrected chi connectivity index (χ2v) is 3.71. The summed E-state index contributed by atoms with van der Waals surface area (Å²) >= 11 is 0. The molecule has 1 rings (SSSR count). The smallest absolute Gasteiger partial charge is 0.293 e. The number of carbonyl (C=O) groups is 2. The molecule has 1 aromatic carbocycles. The summed E-state index contributed by atoms with van der Waals surface area (Å²) in [7, 11) is 0. The molecular formula is C10H11FN4O4. The molecule has 0 fully saturated rings. The maximum absolute atomic E-state index is 13.5. The van der Waals surface area contributed by atoms with Crippen LogP contribution in [0.2, 0.25) is 0 Å². The minimum absolute atomic E-state index is 0.599. The number of hydrogen-bond donors (Lipinski definition) is 3. The highest BCUT2D eigenvalue weighted by Gasteiger charge is 2.25. The molecule has 9 heteroatoms. The number of anilines is 1. The van der Waals surface area contributed by atoms with Crippen LogP contribution in [-0.2, 0) is 4.79 Å². The van der Waals surface area contributed by atoms with E-state index in [2.05, 4.69) is 5.32 Å². The van der Waals surface area contributed by atoms with Crippen LogP contribution >= 0.6 is 0 Å². The van der Waals surface area contributed by atoms with Crippen LogP contribution in [0.5, 0.6) is 0 Å². The lowest BCUT2D eigenvalue weighted by molar-refractivity contribution is -0.384. The number of nitrogens with two attached hydrogens (primary N) is 2. The fourth-order valence-corrected chi connectivity index (χ4v) is 1.31. The Kier molecular flexibility index (Phi) is 4.00. The second kappa shape index (κ2) is 5.29. The SMILES string of the molecule is CC(NC(=O)c1c(F)ccc([N+](=O)[O-])c1N)C(N)=O. The first-order valence-electron chi connectivity index (χ1n) is 5.08. The van der Waals surface area contributed by atoms with Crippen molar-refractivity contribution < 1.29 is 18.9 Å². The van der Waals surface area contributed by atoms with Crippen LogP contribution in [0.4, 0.5) is 15.8 Å². The van der Waals surface area contributed by atoms with Crippen LogP contribution in [-0.4, -0.2) is 22.8 Å². The molecular weight excluding hydrogens is 259 g/mol. The normalized spacial score (nSPS) is 11.7. The van der Waals surface area contributed by atoms with E-state index in [0.717, 1.165) is 12.1 Å². The van der Waals surface area contributed by atoms with Crippen molar-refractivity contribution in [3.63, 3.8) is 0 Å². The summed E-state index contributed by atoms with van der Waals surface area (Å²) in [6, 6.07) is 0.530. The molecule has 19 heavy (non-hydrogen) atoms. The summed E-state index contributed by atoms with van der Waals surface area (Å²) in [5.74, 6) is -2.92. The van der Waals surface area contributed by atoms with Gasteiger partial charge in [0, 0.05) is 6.07 Å². The van der Waals surface area contributed by atoms with Gasteiger partial charge in [-0.15, -0.1) is 0 Å². The lowest BCUT2D eigenvalue weighted by atomic mass is 10.1. The fraction of sp³-hybridized carbons (Fsp3) is 0.200. The Morgan fingerprint density at radius 1 is 1.47 bits per heavy atom. The van der Waals surface area contributed by atoms with E-state index in [4.69, 9.17) is 11.5 Å². The highest BCUT2D eigenvalue weighted by atomic mass is 19.1. The van der Waals surface area contributed by atoms with E-state index >= 15 is 0 Å². The minimum atomic E-state index is -1.06. The number of nitrogens with zero attached hydrogens (tertiary/aromatic N) is 1. The van der Waals surface area contributed by atoms with Gasteiger partial charge in [0.25, 0.3) is 11.6 Å². The number of primary amides is 1. The van der Waals surface area contributed by atoms with Crippen LogP contribution in [0.1, 0.15) is 17.3 Å². The number of amides is 2. The highest BCUT2D eigenvalue weighted by Crippen LogP contribution is 2.27. The van der Waals surface area contributed by atoms with E-state index in [-0.39, 0.29) is 0 Å². The monoisotopic (exact) mass is 270 g/mol. The molecule has 0 aliphatic rings. The van der Waals surface area contributed by atoms with Gasteiger partial charge in [0.05, 0.1) is 4.92 Å². The Bertz CT molecular complexity index is 561. The zero-order valence-electron chi connectivity index (χ0n) is 9.84. The molecule has 8 nitrogen and oxygen atoms in total. The summed E-state index contributed by atoms with van der Waals surface area (Å²) in [6.45, 7) is 1.28. The Labute approximate surface area is 106 Å². The molecule has 1 aromatic rings. The van der Waals surface area contributed by atoms with Crippen molar-refractivity contribution in [3.05, 3.63) is 33.6 Å². The van der Waals surface area contributed by atoms with Gasteiger partial charge in [-0.2, -0.15) is 0 Å². The third kappa shape index (κ3) is 2.94. The van der Waals surface area contributed by atoms with Gasteiger partial charge in [0.15, 0.2) is 0 Å². The number of nitro groups is 1. The predicted octanol–water partition coefficient (Wildman–Crippen LogP) is -0.0803. The number of rotatable bonds is 4. The van der Waals surface area contributed by atoms with Gasteiger partial charge in [0.2, 0.25) is 5.91 Å². The number of hydrogen-bond acceptors (Lipinski definition) is 5. The highest BCUT2D eigenvalue weighted by molar-refractivity contribution is 6.03. The molecule has 1 unspecified atom stereocenters. The maximum atomic E-state index is 13.5. The molecule has 2 amide bonds. The van der Waals surface area contributed by atoms with E-state index in [0.29, 0.717) is 0 Å². The average Bonchev–Trinajstić information content (AvgIpc) is 2.27. The number of carbonyl (C=O) groups excluding carboxylic acids is 2. The minimum Gasteiger partial charge on any atom is -0.392 e. The summed E-state index contributed by atoms with van der Waals surface area (Å²) in [6.07, 6.45) is 0. The molecule has 0 heterocycles. The largest absolute Gasteiger partial charge is 0.392 e. The maximum Gasteiger partial charge on any atom is 0.293 e. The summed E-state index contributed by atoms with van der Waals surface area (Å²) in [5.41, 5.74) is 8.41. The third-order valence-electron chi connectivity index (χ3n) is 2.37. The van der Waals surface area contributed by atoms with Crippen LogP contribution in [0, 0.1) is 15.9 Å². The number of halogens is 1. The van der Waals surface area contributed by atoms with E-state index in [9.17, 15) is 24.1 Å². The first kappa shape index (κ1) is 14.4. The van der Waals surface area contributed by atoms with Gasteiger partial charge < -0.3 is 16.8 Å². The molecule has 0 radical (unpaired) electrons. The molecule has 102 valence electrons. The summed E-state index contributed by atoms with van der Waals surface area (Å²) in [4.78, 5) is 32.3. The van der Waals surface area contributed by atoms with Gasteiger partial charge >= 0.3 is 0 Å². The molecule has 5 N–H and O–H groups in total. The number of nitro benzene ring substituents is 1. The molecule has 1 atom stereocenters. The van der Waals surface area contributed by atoms with Crippen molar-refractivity contribution in [3.8, 4) is 0 Å². The van der Waals surface area contributed by atoms with Crippen molar-refractivity contribution in [2.75, 3.05) is 5.73 Å². The van der Waals surface area contributed by atoms with Gasteiger partial charge in [0.1, 0.15) is 23.1 Å². The number of nitrogens with one attached hydrogen (secondary N) is 1. The molecule has 0 spiro atoms. The second-order valence-electron chi connectivity index (χ2n) is 3.71. The number of benzene rings is 1. The van der Waals surface area contributed by atoms with Gasteiger partial charge in [-0.1, -0.05) is 0 Å². The Morgan fingerprint density at radius 2 is 2.05 bits per heavy atom. The van der Waals surface area contributed by atoms with Crippen molar-refractivity contribution in [1.82, 2.24) is 5.32 Å². The van der Waals surface area contributed by atoms with Gasteiger partial charge in [-0.05, 0) is 13.0 Å². The van der Waals surface area contributed by atoms with E-state index in [1.807, 2.05) is 0 Å². The quantitative estimate of drug-likeness (QED) is 0.398. The van der Waals surface area contributed by atoms with E-state index < -0.39 is 45.5 Å². The van der Waals surface area contributed by atoms with Crippen LogP contribution < -0.4 is 16.8 Å². The summed E-state index contributed by atoms with van der Waals surface area (Å²) in [5, 5.41) is 12.7. The fourth-order valence-electron chi connectivity index (χ4n) is 1.31. The van der Waals surface area contributed by atoms with Crippen LogP contribution in [0.3, 0.4) is 0 Å². The lowest BCUT2D eigenvalue weighted by Gasteiger charge is -2.12. The van der Waals surface area contributed by atoms with Gasteiger partial charge in [-0.3, -0.25) is 19.7 Å². The van der Waals surface area contributed by atoms with Gasteiger partial charge in [-0.25, -0.2) is 4.39 Å². The average molecular weight is 270 g/mol. The van der Waals surface area contributed by atoms with Crippen molar-refractivity contribution in [2.45, 2.75) is 13.0 Å². The van der Waals surface area contributed by atoms with Crippen molar-refractivity contribution >= 4 is 23.2 Å². The lowest BCUT2D eigenvalue weighted by Crippen LogP contribution is -2.42. The van der Waals surface area contributed by atoms with E-state index in [1.165, 1.54) is 6.92 Å². The first-order chi connectivity index (χ1) is 8.75. The third-order valence-corrected chi connectivity index (χ3v) is 2.37. The number of nitrogen functional groups attached to an aromatic ring is 1. The van der Waals surface area contributed by atoms with Crippen LogP contribution in [0.25, 0.3) is 0 Å². The topological polar surface area (TPSA) is 141 Å². The predicted molar refractivity (Wildman–Crippen MR) is 63.6 cm³/mol. The molecule has 0 saturated heterocycles. The Morgan fingerprint density at radius 3 is 2.53 bits per heavy atom. The van der Waals surface area contributed by atoms with Crippen molar-refractivity contribution in [1.29, 1.82) is 0 Å². The molecule has 0 aromatic heterocycles. The first-order valence-corrected chi connectivity index (χ1v) is 5.08. The molecule has 0 aliphatic heterocycles. The summed E-state index contributed by atoms with van der Waals surface area (Å²) < 4.78 is 13.5. The molecule has 0 saturated carbocycles. The molecule has 0 aliphatic carbocycles. The van der Waals surface area contributed by atoms with E-state index in [1.54, 1.807) is 0 Å². The zero-order chi connectivity index (χ0) is 14.7. The standard InChI is InChI=1S/C10H11FN4O4/c1-4(9(13)16)14-10(17)7-5(11)2-3-6(8(7)12)15(18)19/h2-4H,12H2,1H3,(H2,13,16)(H,14,17). The zero-order valence-corrected chi connectivity index (χ0v) is 9.84. The Hall–Kier alpha value is -2.71. The van der Waals surface area contributed by atoms with Crippen molar-refractivity contribution in [2.24, 2.45) is 5.73 Å².